The lowest BCUT2D eigenvalue weighted by Crippen LogP contribution is -2.50. The second-order valence-electron chi connectivity index (χ2n) is 7.86. The molecule has 6 nitrogen and oxygen atoms in total. The first-order valence-corrected chi connectivity index (χ1v) is 11.8. The largest absolute Gasteiger partial charge is 0.336 e. The maximum atomic E-state index is 11.5. The van der Waals surface area contributed by atoms with Crippen molar-refractivity contribution < 1.29 is 17.8 Å². The summed E-state index contributed by atoms with van der Waals surface area (Å²) in [7, 11) is 0.362. The quantitative estimate of drug-likeness (QED) is 0.534. The number of rotatable bonds is 7. The summed E-state index contributed by atoms with van der Waals surface area (Å²) in [4.78, 5) is 15.7. The number of carbonyl (C=O) groups is 1. The summed E-state index contributed by atoms with van der Waals surface area (Å²) in [5.74, 6) is -0.312. The Morgan fingerprint density at radius 2 is 1.40 bits per heavy atom. The van der Waals surface area contributed by atoms with Crippen molar-refractivity contribution in [3.8, 4) is 0 Å². The van der Waals surface area contributed by atoms with E-state index in [9.17, 15) is 13.2 Å². The van der Waals surface area contributed by atoms with E-state index in [4.69, 9.17) is 4.55 Å². The SMILES string of the molecule is CN(C)[C@@H]1CCCC[C@H]1N(C=O)Cc1ccccc1.O=S(=O)(O)Cc1ccccc1. The Hall–Kier alpha value is -2.22. The molecule has 0 spiro atoms. The fourth-order valence-electron chi connectivity index (χ4n) is 3.89. The van der Waals surface area contributed by atoms with E-state index in [0.717, 1.165) is 19.4 Å². The van der Waals surface area contributed by atoms with Gasteiger partial charge < -0.3 is 9.80 Å². The molecule has 30 heavy (non-hydrogen) atoms. The number of hydrogen-bond donors (Lipinski definition) is 1. The van der Waals surface area contributed by atoms with Gasteiger partial charge in [0.15, 0.2) is 0 Å². The summed E-state index contributed by atoms with van der Waals surface area (Å²) < 4.78 is 29.2. The lowest BCUT2D eigenvalue weighted by atomic mass is 9.88. The van der Waals surface area contributed by atoms with Gasteiger partial charge in [0.25, 0.3) is 10.1 Å². The van der Waals surface area contributed by atoms with Crippen molar-refractivity contribution in [2.24, 2.45) is 0 Å². The highest BCUT2D eigenvalue weighted by molar-refractivity contribution is 7.85. The van der Waals surface area contributed by atoms with Crippen molar-refractivity contribution in [1.29, 1.82) is 0 Å². The molecule has 7 heteroatoms. The lowest BCUT2D eigenvalue weighted by molar-refractivity contribution is -0.123. The minimum atomic E-state index is -3.88. The van der Waals surface area contributed by atoms with Gasteiger partial charge in [-0.3, -0.25) is 9.35 Å². The molecule has 0 unspecified atom stereocenters. The second kappa shape index (κ2) is 11.8. The maximum Gasteiger partial charge on any atom is 0.269 e. The maximum absolute atomic E-state index is 11.5. The molecule has 0 bridgehead atoms. The molecule has 0 radical (unpaired) electrons. The Balaban J connectivity index is 0.000000248. The highest BCUT2D eigenvalue weighted by Crippen LogP contribution is 2.26. The molecule has 1 amide bonds. The average Bonchev–Trinajstić information content (AvgIpc) is 2.73. The van der Waals surface area contributed by atoms with Gasteiger partial charge in [-0.05, 0) is 38.1 Å². The van der Waals surface area contributed by atoms with Crippen molar-refractivity contribution in [1.82, 2.24) is 9.80 Å². The van der Waals surface area contributed by atoms with Gasteiger partial charge in [-0.2, -0.15) is 8.42 Å². The molecule has 2 aromatic rings. The van der Waals surface area contributed by atoms with Crippen LogP contribution in [0.1, 0.15) is 36.8 Å². The predicted octanol–water partition coefficient (Wildman–Crippen LogP) is 3.59. The molecule has 3 rings (SSSR count). The first kappa shape index (κ1) is 24.1. The van der Waals surface area contributed by atoms with Crippen LogP contribution in [0, 0.1) is 0 Å². The summed E-state index contributed by atoms with van der Waals surface area (Å²) in [6.07, 6.45) is 5.84. The van der Waals surface area contributed by atoms with E-state index in [2.05, 4.69) is 31.1 Å². The van der Waals surface area contributed by atoms with Crippen LogP contribution in [-0.2, 0) is 27.2 Å². The van der Waals surface area contributed by atoms with Crippen molar-refractivity contribution >= 4 is 16.5 Å². The van der Waals surface area contributed by atoms with Crippen molar-refractivity contribution in [3.63, 3.8) is 0 Å². The van der Waals surface area contributed by atoms with E-state index in [1.807, 2.05) is 23.1 Å². The Morgan fingerprint density at radius 1 is 0.900 bits per heavy atom. The van der Waals surface area contributed by atoms with Gasteiger partial charge in [0.2, 0.25) is 6.41 Å². The average molecular weight is 433 g/mol. The number of nitrogens with zero attached hydrogens (tertiary/aromatic N) is 2. The third-order valence-electron chi connectivity index (χ3n) is 5.32. The number of benzene rings is 2. The summed E-state index contributed by atoms with van der Waals surface area (Å²) >= 11 is 0. The van der Waals surface area contributed by atoms with Crippen LogP contribution in [0.5, 0.6) is 0 Å². The molecule has 0 aliphatic heterocycles. The van der Waals surface area contributed by atoms with Crippen LogP contribution in [0.2, 0.25) is 0 Å². The van der Waals surface area contributed by atoms with E-state index in [1.165, 1.54) is 24.8 Å². The fraction of sp³-hybridized carbons (Fsp3) is 0.435. The van der Waals surface area contributed by atoms with Gasteiger partial charge in [0, 0.05) is 18.6 Å². The standard InChI is InChI=1S/C16H24N2O.C7H8O3S/c1-17(2)15-10-6-7-11-16(15)18(13-19)12-14-8-4-3-5-9-14;8-11(9,10)6-7-4-2-1-3-5-7/h3-5,8-9,13,15-16H,6-7,10-12H2,1-2H3;1-5H,6H2,(H,8,9,10)/t15-,16-;/m1./s1. The molecule has 164 valence electrons. The van der Waals surface area contributed by atoms with Crippen molar-refractivity contribution in [2.45, 2.75) is 50.1 Å². The molecule has 1 aliphatic rings. The minimum Gasteiger partial charge on any atom is -0.336 e. The Kier molecular flexibility index (Phi) is 9.49. The lowest BCUT2D eigenvalue weighted by Gasteiger charge is -2.41. The zero-order valence-corrected chi connectivity index (χ0v) is 18.5. The van der Waals surface area contributed by atoms with Gasteiger partial charge in [-0.15, -0.1) is 0 Å². The number of hydrogen-bond acceptors (Lipinski definition) is 4. The van der Waals surface area contributed by atoms with Crippen LogP contribution in [-0.4, -0.2) is 55.4 Å². The molecule has 0 saturated heterocycles. The second-order valence-corrected chi connectivity index (χ2v) is 9.31. The van der Waals surface area contributed by atoms with Gasteiger partial charge in [-0.1, -0.05) is 73.5 Å². The number of carbonyl (C=O) groups excluding carboxylic acids is 1. The van der Waals surface area contributed by atoms with Crippen LogP contribution >= 0.6 is 0 Å². The molecule has 0 heterocycles. The molecule has 2 aromatic carbocycles. The molecule has 1 saturated carbocycles. The summed E-state index contributed by atoms with van der Waals surface area (Å²) in [5, 5.41) is 0. The molecular weight excluding hydrogens is 400 g/mol. The first-order valence-electron chi connectivity index (χ1n) is 10.2. The predicted molar refractivity (Wildman–Crippen MR) is 119 cm³/mol. The Labute approximate surface area is 180 Å². The third-order valence-corrected chi connectivity index (χ3v) is 6.02. The molecule has 0 aromatic heterocycles. The first-order chi connectivity index (χ1) is 14.3. The van der Waals surface area contributed by atoms with Gasteiger partial charge in [-0.25, -0.2) is 0 Å². The summed E-state index contributed by atoms with van der Waals surface area (Å²) in [6.45, 7) is 0.722. The molecule has 1 aliphatic carbocycles. The third kappa shape index (κ3) is 8.26. The fourth-order valence-corrected chi connectivity index (χ4v) is 4.51. The van der Waals surface area contributed by atoms with Crippen LogP contribution in [0.25, 0.3) is 0 Å². The summed E-state index contributed by atoms with van der Waals surface area (Å²) in [6, 6.07) is 19.6. The van der Waals surface area contributed by atoms with E-state index in [-0.39, 0.29) is 5.75 Å². The number of amides is 1. The van der Waals surface area contributed by atoms with Crippen LogP contribution in [0.4, 0.5) is 0 Å². The van der Waals surface area contributed by atoms with Gasteiger partial charge >= 0.3 is 0 Å². The highest BCUT2D eigenvalue weighted by atomic mass is 32.2. The highest BCUT2D eigenvalue weighted by Gasteiger charge is 2.30. The van der Waals surface area contributed by atoms with Crippen LogP contribution < -0.4 is 0 Å². The Bertz CT molecular complexity index is 857. The molecular formula is C23H32N2O4S. The van der Waals surface area contributed by atoms with E-state index < -0.39 is 10.1 Å². The van der Waals surface area contributed by atoms with E-state index in [0.29, 0.717) is 17.6 Å². The van der Waals surface area contributed by atoms with Gasteiger partial charge in [0.05, 0.1) is 0 Å². The van der Waals surface area contributed by atoms with E-state index >= 15 is 0 Å². The van der Waals surface area contributed by atoms with Gasteiger partial charge in [0.1, 0.15) is 5.75 Å². The molecule has 1 N–H and O–H groups in total. The topological polar surface area (TPSA) is 77.9 Å². The summed E-state index contributed by atoms with van der Waals surface area (Å²) in [5.41, 5.74) is 1.80. The smallest absolute Gasteiger partial charge is 0.269 e. The van der Waals surface area contributed by atoms with Crippen LogP contribution in [0.15, 0.2) is 60.7 Å². The molecule has 1 fully saturated rings. The minimum absolute atomic E-state index is 0.312. The van der Waals surface area contributed by atoms with Crippen molar-refractivity contribution in [3.05, 3.63) is 71.8 Å². The zero-order chi connectivity index (χ0) is 22.0. The molecule has 2 atom stereocenters. The number of likely N-dealkylation sites (N-methyl/N-ethyl adjacent to an activating group) is 1. The van der Waals surface area contributed by atoms with E-state index in [1.54, 1.807) is 30.3 Å². The zero-order valence-electron chi connectivity index (χ0n) is 17.7. The Morgan fingerprint density at radius 3 is 1.87 bits per heavy atom. The monoisotopic (exact) mass is 432 g/mol. The normalized spacial score (nSPS) is 18.9. The van der Waals surface area contributed by atoms with Crippen LogP contribution in [0.3, 0.4) is 0 Å². The van der Waals surface area contributed by atoms with Crippen molar-refractivity contribution in [2.75, 3.05) is 14.1 Å².